The Hall–Kier alpha value is -3.63. The summed E-state index contributed by atoms with van der Waals surface area (Å²) in [6.07, 6.45) is 3.13. The van der Waals surface area contributed by atoms with Crippen LogP contribution in [0.25, 0.3) is 6.08 Å². The van der Waals surface area contributed by atoms with Crippen LogP contribution in [0.3, 0.4) is 0 Å². The van der Waals surface area contributed by atoms with Crippen LogP contribution in [0.4, 0.5) is 5.88 Å². The van der Waals surface area contributed by atoms with Crippen molar-refractivity contribution < 1.29 is 18.7 Å². The third-order valence-electron chi connectivity index (χ3n) is 7.03. The quantitative estimate of drug-likeness (QED) is 0.399. The molecule has 0 unspecified atom stereocenters. The number of esters is 1. The zero-order valence-electron chi connectivity index (χ0n) is 22.8. The number of nitrogens with zero attached hydrogens (tertiary/aromatic N) is 4. The molecule has 0 saturated carbocycles. The molecule has 0 N–H and O–H groups in total. The van der Waals surface area contributed by atoms with Crippen LogP contribution in [-0.2, 0) is 9.53 Å². The van der Waals surface area contributed by atoms with Crippen molar-refractivity contribution in [3.8, 4) is 5.75 Å². The van der Waals surface area contributed by atoms with Gasteiger partial charge in [0.2, 0.25) is 0 Å². The van der Waals surface area contributed by atoms with Gasteiger partial charge in [0.15, 0.2) is 10.7 Å². The number of ether oxygens (including phenoxy) is 2. The summed E-state index contributed by atoms with van der Waals surface area (Å²) in [6, 6.07) is 10.6. The van der Waals surface area contributed by atoms with Crippen molar-refractivity contribution in [2.45, 2.75) is 32.7 Å². The first-order valence-electron chi connectivity index (χ1n) is 13.3. The molecule has 2 aliphatic heterocycles. The molecule has 39 heavy (non-hydrogen) atoms. The Morgan fingerprint density at radius 2 is 1.92 bits per heavy atom. The van der Waals surface area contributed by atoms with E-state index in [2.05, 4.69) is 16.8 Å². The van der Waals surface area contributed by atoms with E-state index in [1.54, 1.807) is 24.7 Å². The van der Waals surface area contributed by atoms with Gasteiger partial charge in [0.1, 0.15) is 17.6 Å². The second-order valence-corrected chi connectivity index (χ2v) is 10.6. The SMILES string of the molecule is CCCC1=C(C(=O)OCC)[C@@H](c2ccccc2OC)n2c(s/c(=C\c3ccc(N4CCN(C)CC4)o3)c2=O)=N1. The van der Waals surface area contributed by atoms with E-state index in [-0.39, 0.29) is 12.2 Å². The number of furan rings is 1. The molecule has 206 valence electrons. The molecule has 10 heteroatoms. The fourth-order valence-corrected chi connectivity index (χ4v) is 6.05. The molecule has 1 aromatic carbocycles. The standard InChI is InChI=1S/C29H34N4O5S/c1-5-9-21-25(28(35)37-6-2)26(20-10-7-8-11-22(20)36-4)33-27(34)23(39-29(33)30-21)18-19-12-13-24(38-19)32-16-14-31(3)15-17-32/h7-8,10-13,18,26H,5-6,9,14-17H2,1-4H3/b23-18-/t26-/m1/s1. The number of para-hydroxylation sites is 1. The number of rotatable bonds is 8. The average molecular weight is 551 g/mol. The maximum atomic E-state index is 13.9. The highest BCUT2D eigenvalue weighted by molar-refractivity contribution is 7.07. The molecule has 0 amide bonds. The van der Waals surface area contributed by atoms with Crippen LogP contribution in [0, 0.1) is 0 Å². The minimum atomic E-state index is -0.724. The number of hydrogen-bond donors (Lipinski definition) is 0. The minimum absolute atomic E-state index is 0.221. The highest BCUT2D eigenvalue weighted by Gasteiger charge is 2.35. The predicted octanol–water partition coefficient (Wildman–Crippen LogP) is 2.93. The molecule has 1 atom stereocenters. The lowest BCUT2D eigenvalue weighted by Gasteiger charge is -2.32. The smallest absolute Gasteiger partial charge is 0.338 e. The van der Waals surface area contributed by atoms with E-state index in [1.807, 2.05) is 43.3 Å². The monoisotopic (exact) mass is 550 g/mol. The molecule has 0 radical (unpaired) electrons. The molecule has 3 aromatic rings. The maximum absolute atomic E-state index is 13.9. The molecular formula is C29H34N4O5S. The van der Waals surface area contributed by atoms with Crippen LogP contribution >= 0.6 is 11.3 Å². The number of anilines is 1. The van der Waals surface area contributed by atoms with Gasteiger partial charge in [0.05, 0.1) is 29.5 Å². The maximum Gasteiger partial charge on any atom is 0.338 e. The number of allylic oxidation sites excluding steroid dienone is 1. The predicted molar refractivity (Wildman–Crippen MR) is 151 cm³/mol. The Morgan fingerprint density at radius 1 is 1.15 bits per heavy atom. The summed E-state index contributed by atoms with van der Waals surface area (Å²) in [7, 11) is 3.69. The van der Waals surface area contributed by atoms with E-state index >= 15 is 0 Å². The van der Waals surface area contributed by atoms with Gasteiger partial charge >= 0.3 is 5.97 Å². The van der Waals surface area contributed by atoms with Crippen LogP contribution in [0.15, 0.2) is 61.9 Å². The van der Waals surface area contributed by atoms with Gasteiger partial charge in [-0.3, -0.25) is 9.36 Å². The largest absolute Gasteiger partial charge is 0.496 e. The summed E-state index contributed by atoms with van der Waals surface area (Å²) in [5.41, 5.74) is 1.46. The summed E-state index contributed by atoms with van der Waals surface area (Å²) in [5, 5.41) is 0. The zero-order chi connectivity index (χ0) is 27.5. The summed E-state index contributed by atoms with van der Waals surface area (Å²) in [6.45, 7) is 7.75. The molecule has 1 fully saturated rings. The lowest BCUT2D eigenvalue weighted by molar-refractivity contribution is -0.139. The number of hydrogen-bond acceptors (Lipinski definition) is 9. The lowest BCUT2D eigenvalue weighted by Crippen LogP contribution is -2.44. The van der Waals surface area contributed by atoms with Crippen LogP contribution < -0.4 is 24.5 Å². The van der Waals surface area contributed by atoms with Crippen molar-refractivity contribution in [1.29, 1.82) is 0 Å². The van der Waals surface area contributed by atoms with Crippen molar-refractivity contribution in [2.24, 2.45) is 4.99 Å². The van der Waals surface area contributed by atoms with Gasteiger partial charge in [-0.2, -0.15) is 0 Å². The van der Waals surface area contributed by atoms with Crippen molar-refractivity contribution in [3.63, 3.8) is 0 Å². The number of methoxy groups -OCH3 is 1. The Balaban J connectivity index is 1.64. The second kappa shape index (κ2) is 11.6. The summed E-state index contributed by atoms with van der Waals surface area (Å²) < 4.78 is 19.3. The number of piperazine rings is 1. The van der Waals surface area contributed by atoms with Gasteiger partial charge in [0.25, 0.3) is 5.56 Å². The lowest BCUT2D eigenvalue weighted by atomic mass is 9.93. The van der Waals surface area contributed by atoms with Crippen LogP contribution in [0.5, 0.6) is 5.75 Å². The van der Waals surface area contributed by atoms with Crippen LogP contribution in [0.2, 0.25) is 0 Å². The van der Waals surface area contributed by atoms with Crippen molar-refractivity contribution in [1.82, 2.24) is 9.47 Å². The Labute approximate surface area is 231 Å². The van der Waals surface area contributed by atoms with Gasteiger partial charge in [-0.1, -0.05) is 42.9 Å². The topological polar surface area (TPSA) is 89.5 Å². The van der Waals surface area contributed by atoms with Gasteiger partial charge in [0, 0.05) is 43.9 Å². The third kappa shape index (κ3) is 5.31. The molecule has 9 nitrogen and oxygen atoms in total. The third-order valence-corrected chi connectivity index (χ3v) is 8.01. The zero-order valence-corrected chi connectivity index (χ0v) is 23.6. The van der Waals surface area contributed by atoms with Crippen molar-refractivity contribution in [3.05, 3.63) is 78.7 Å². The van der Waals surface area contributed by atoms with Crippen LogP contribution in [0.1, 0.15) is 44.1 Å². The van der Waals surface area contributed by atoms with Crippen molar-refractivity contribution in [2.75, 3.05) is 51.8 Å². The van der Waals surface area contributed by atoms with E-state index in [4.69, 9.17) is 18.9 Å². The van der Waals surface area contributed by atoms with E-state index < -0.39 is 12.0 Å². The van der Waals surface area contributed by atoms with Gasteiger partial charge in [-0.15, -0.1) is 0 Å². The van der Waals surface area contributed by atoms with E-state index in [1.165, 1.54) is 11.3 Å². The number of benzene rings is 1. The number of carbonyl (C=O) groups is 1. The molecule has 1 saturated heterocycles. The molecule has 0 bridgehead atoms. The molecule has 2 aromatic heterocycles. The fraction of sp³-hybridized carbons (Fsp3) is 0.414. The van der Waals surface area contributed by atoms with Gasteiger partial charge in [-0.05, 0) is 32.5 Å². The summed E-state index contributed by atoms with van der Waals surface area (Å²) >= 11 is 1.29. The Kier molecular flexibility index (Phi) is 8.04. The summed E-state index contributed by atoms with van der Waals surface area (Å²) in [5.74, 6) is 1.50. The van der Waals surface area contributed by atoms with Crippen LogP contribution in [-0.4, -0.2) is 62.4 Å². The number of fused-ring (bicyclic) bond motifs is 1. The molecule has 0 spiro atoms. The highest BCUT2D eigenvalue weighted by atomic mass is 32.1. The second-order valence-electron chi connectivity index (χ2n) is 9.62. The molecule has 5 rings (SSSR count). The van der Waals surface area contributed by atoms with Gasteiger partial charge < -0.3 is 23.7 Å². The van der Waals surface area contributed by atoms with Gasteiger partial charge in [-0.25, -0.2) is 9.79 Å². The van der Waals surface area contributed by atoms with E-state index in [0.29, 0.717) is 44.1 Å². The Bertz CT molecular complexity index is 1560. The van der Waals surface area contributed by atoms with Crippen molar-refractivity contribution >= 4 is 29.3 Å². The van der Waals surface area contributed by atoms with E-state index in [0.717, 1.165) is 38.5 Å². The average Bonchev–Trinajstić information content (AvgIpc) is 3.53. The number of carbonyl (C=O) groups excluding carboxylic acids is 1. The Morgan fingerprint density at radius 3 is 2.64 bits per heavy atom. The molecule has 4 heterocycles. The first-order chi connectivity index (χ1) is 18.9. The minimum Gasteiger partial charge on any atom is -0.496 e. The normalized spacial score (nSPS) is 18.2. The van der Waals surface area contributed by atoms with E-state index in [9.17, 15) is 9.59 Å². The highest BCUT2D eigenvalue weighted by Crippen LogP contribution is 2.36. The summed E-state index contributed by atoms with van der Waals surface area (Å²) in [4.78, 5) is 37.1. The molecule has 2 aliphatic rings. The first-order valence-corrected chi connectivity index (χ1v) is 14.1. The number of thiazole rings is 1. The first kappa shape index (κ1) is 27.0. The fourth-order valence-electron chi connectivity index (χ4n) is 5.05. The molecule has 0 aliphatic carbocycles. The number of aromatic nitrogens is 1. The molecular weight excluding hydrogens is 516 g/mol. The number of likely N-dealkylation sites (N-methyl/N-ethyl adjacent to an activating group) is 1.